The maximum atomic E-state index is 14.2. The van der Waals surface area contributed by atoms with Gasteiger partial charge in [0.05, 0.1) is 49.3 Å². The summed E-state index contributed by atoms with van der Waals surface area (Å²) in [6.45, 7) is 9.05. The zero-order valence-corrected chi connectivity index (χ0v) is 59.5. The number of likely N-dealkylation sites (tertiary alicyclic amines) is 1. The number of β-amino-alcohol motifs (C(OH)–C–C–N with tert-alkyl or cyclic N) is 1. The van der Waals surface area contributed by atoms with Gasteiger partial charge in [-0.25, -0.2) is 30.2 Å². The van der Waals surface area contributed by atoms with Crippen molar-refractivity contribution in [3.63, 3.8) is 0 Å². The number of ether oxygens (including phenoxy) is 1. The molecule has 0 unspecified atom stereocenters. The quantitative estimate of drug-likeness (QED) is 0.0119. The highest BCUT2D eigenvalue weighted by molar-refractivity contribution is 7.92. The van der Waals surface area contributed by atoms with Gasteiger partial charge in [-0.05, 0) is 140 Å². The number of unbranched alkanes of at least 4 members (excludes halogenated alkanes) is 2. The van der Waals surface area contributed by atoms with Gasteiger partial charge in [0.1, 0.15) is 17.9 Å². The van der Waals surface area contributed by atoms with Crippen molar-refractivity contribution in [3.8, 4) is 27.3 Å². The van der Waals surface area contributed by atoms with Crippen molar-refractivity contribution in [2.24, 2.45) is 5.41 Å². The standard InChI is InChI=1S/C74H79FN10O15S3/c1-46(48-19-23-51(24-20-48)67-47(2)79-45-101-67)80-72(94)61-42-57(86)44-84(61)73(95)68(74(3,4)5)82-64(88)35-34-63(87)76-38-13-39-78-69(91)53-16-12-17-59(40-53)103(98,99)85-43-54(27-36-65(85)89)70(92)77-37-11-7-10-18-66(90)100-62-33-30-56(41-60(62)83-102(96,97)58-31-28-55(75)29-32-58)81-71(93)52-25-21-50(22-26-52)49-14-8-6-9-15-49/h6,8-9,12,14-17,19-33,36,40-41,43,45-46,57,61,68,83,86H,7,10-11,13,18,34-35,37-39,42,44H2,1-5H3,(H,76,87)(H,77,92)(H,78,91)(H,80,94)(H,81,93)(H,82,88)/t46-,57+,61-,68+/m0/s1. The van der Waals surface area contributed by atoms with E-state index in [2.05, 4.69) is 41.6 Å². The largest absolute Gasteiger partial charge is 0.424 e. The third-order valence-electron chi connectivity index (χ3n) is 16.8. The third kappa shape index (κ3) is 20.5. The summed E-state index contributed by atoms with van der Waals surface area (Å²) in [7, 11) is -9.05. The molecule has 1 aliphatic rings. The Kier molecular flexibility index (Phi) is 25.4. The summed E-state index contributed by atoms with van der Waals surface area (Å²) >= 11 is 1.53. The molecule has 25 nitrogen and oxygen atoms in total. The molecule has 540 valence electrons. The second-order valence-corrected chi connectivity index (χ2v) is 30.0. The maximum absolute atomic E-state index is 14.2. The summed E-state index contributed by atoms with van der Waals surface area (Å²) in [6.07, 6.45) is 0.396. The Labute approximate surface area is 599 Å². The Morgan fingerprint density at radius 1 is 0.660 bits per heavy atom. The molecule has 8 N–H and O–H groups in total. The number of nitrogens with zero attached hydrogens (tertiary/aromatic N) is 3. The number of anilines is 2. The lowest BCUT2D eigenvalue weighted by Crippen LogP contribution is -2.57. The Morgan fingerprint density at radius 3 is 2.00 bits per heavy atom. The predicted octanol–water partition coefficient (Wildman–Crippen LogP) is 8.66. The first-order chi connectivity index (χ1) is 49.0. The number of nitrogens with one attached hydrogen (secondary N) is 7. The molecule has 2 aromatic heterocycles. The summed E-state index contributed by atoms with van der Waals surface area (Å²) < 4.78 is 76.7. The minimum absolute atomic E-state index is 0.000350. The highest BCUT2D eigenvalue weighted by Crippen LogP contribution is 2.33. The monoisotopic (exact) mass is 1460 g/mol. The van der Waals surface area contributed by atoms with Crippen LogP contribution in [0, 0.1) is 18.2 Å². The summed E-state index contributed by atoms with van der Waals surface area (Å²) in [5, 5.41) is 27.1. The number of aliphatic hydroxyl groups is 1. The van der Waals surface area contributed by atoms with Crippen molar-refractivity contribution in [1.29, 1.82) is 0 Å². The van der Waals surface area contributed by atoms with E-state index in [0.717, 1.165) is 81.5 Å². The van der Waals surface area contributed by atoms with Gasteiger partial charge in [0.2, 0.25) is 23.6 Å². The number of amides is 7. The highest BCUT2D eigenvalue weighted by atomic mass is 32.2. The second-order valence-electron chi connectivity index (χ2n) is 25.6. The van der Waals surface area contributed by atoms with E-state index < -0.39 is 113 Å². The zero-order chi connectivity index (χ0) is 74.2. The minimum Gasteiger partial charge on any atom is -0.424 e. The fraction of sp³-hybridized carbons (Fsp3) is 0.297. The molecule has 0 radical (unpaired) electrons. The molecule has 6 aromatic carbocycles. The summed E-state index contributed by atoms with van der Waals surface area (Å²) in [5.41, 5.74) is 4.52. The number of rotatable bonds is 30. The van der Waals surface area contributed by atoms with Crippen LogP contribution >= 0.6 is 11.3 Å². The topological polar surface area (TPSA) is 357 Å². The lowest BCUT2D eigenvalue weighted by Gasteiger charge is -2.35. The van der Waals surface area contributed by atoms with Gasteiger partial charge in [0.15, 0.2) is 5.75 Å². The first-order valence-corrected chi connectivity index (χ1v) is 36.9. The molecule has 9 rings (SSSR count). The van der Waals surface area contributed by atoms with Crippen LogP contribution in [0.3, 0.4) is 0 Å². The molecule has 4 atom stereocenters. The molecular formula is C74H79FN10O15S3. The van der Waals surface area contributed by atoms with E-state index in [1.54, 1.807) is 50.5 Å². The number of hydrogen-bond donors (Lipinski definition) is 8. The van der Waals surface area contributed by atoms with Crippen LogP contribution in [0.4, 0.5) is 15.8 Å². The normalized spacial score (nSPS) is 14.3. The Bertz CT molecular complexity index is 4720. The van der Waals surface area contributed by atoms with Crippen molar-refractivity contribution in [1.82, 2.24) is 40.4 Å². The first kappa shape index (κ1) is 76.4. The first-order valence-electron chi connectivity index (χ1n) is 33.1. The number of hydrogen-bond acceptors (Lipinski definition) is 17. The van der Waals surface area contributed by atoms with Crippen LogP contribution in [-0.2, 0) is 44.0 Å². The van der Waals surface area contributed by atoms with Gasteiger partial charge in [-0.3, -0.25) is 47.9 Å². The molecule has 29 heteroatoms. The Hall–Kier alpha value is -10.8. The number of aryl methyl sites for hydroxylation is 1. The molecule has 1 saturated heterocycles. The zero-order valence-electron chi connectivity index (χ0n) is 57.1. The molecule has 1 fully saturated rings. The summed E-state index contributed by atoms with van der Waals surface area (Å²) in [5.74, 6) is -5.62. The number of carbonyl (C=O) groups excluding carboxylic acids is 8. The highest BCUT2D eigenvalue weighted by Gasteiger charge is 2.45. The number of aromatic nitrogens is 2. The van der Waals surface area contributed by atoms with Gasteiger partial charge in [-0.15, -0.1) is 11.3 Å². The molecule has 0 saturated carbocycles. The van der Waals surface area contributed by atoms with Gasteiger partial charge < -0.3 is 46.6 Å². The number of sulfonamides is 1. The number of pyridine rings is 1. The molecule has 8 aromatic rings. The van der Waals surface area contributed by atoms with E-state index in [1.807, 2.05) is 68.4 Å². The van der Waals surface area contributed by atoms with Gasteiger partial charge in [0, 0.05) is 80.9 Å². The van der Waals surface area contributed by atoms with E-state index >= 15 is 0 Å². The average Bonchev–Trinajstić information content (AvgIpc) is 1.37. The smallest absolute Gasteiger partial charge is 0.311 e. The maximum Gasteiger partial charge on any atom is 0.311 e. The van der Waals surface area contributed by atoms with Crippen molar-refractivity contribution < 1.29 is 69.4 Å². The van der Waals surface area contributed by atoms with Gasteiger partial charge in [0.25, 0.3) is 43.3 Å². The van der Waals surface area contributed by atoms with E-state index in [9.17, 15) is 69.5 Å². The van der Waals surface area contributed by atoms with Crippen LogP contribution in [0.1, 0.15) is 127 Å². The molecule has 0 aliphatic carbocycles. The lowest BCUT2D eigenvalue weighted by atomic mass is 9.85. The van der Waals surface area contributed by atoms with E-state index in [-0.39, 0.29) is 97.9 Å². The number of benzene rings is 6. The summed E-state index contributed by atoms with van der Waals surface area (Å²) in [6, 6.07) is 36.5. The molecule has 1 aliphatic heterocycles. The van der Waals surface area contributed by atoms with E-state index in [1.165, 1.54) is 52.6 Å². The summed E-state index contributed by atoms with van der Waals surface area (Å²) in [4.78, 5) is 126. The molecule has 103 heavy (non-hydrogen) atoms. The fourth-order valence-electron chi connectivity index (χ4n) is 11.2. The van der Waals surface area contributed by atoms with Crippen LogP contribution in [0.15, 0.2) is 184 Å². The second kappa shape index (κ2) is 34.3. The fourth-order valence-corrected chi connectivity index (χ4v) is 14.4. The minimum atomic E-state index is -4.68. The number of esters is 1. The van der Waals surface area contributed by atoms with Gasteiger partial charge in [-0.1, -0.05) is 100.0 Å². The SMILES string of the molecule is Cc1ncsc1-c1ccc([C@H](C)NC(=O)[C@@H]2C[C@@H](O)CN2C(=O)[C@@H](NC(=O)CCC(=O)NCCCNC(=O)c2cccc(S(=O)(=O)n3cc(C(=O)NCCCCCC(=O)Oc4ccc(NC(=O)c5ccc(-c6ccccc6)cc5)cc4NS(=O)(=O)c4ccc(F)cc4)ccc3=O)c2)C(C)(C)C)cc1. The van der Waals surface area contributed by atoms with Crippen molar-refractivity contribution in [2.45, 2.75) is 120 Å². The number of halogens is 1. The number of aliphatic hydroxyl groups excluding tert-OH is 1. The van der Waals surface area contributed by atoms with Gasteiger partial charge >= 0.3 is 5.97 Å². The lowest BCUT2D eigenvalue weighted by molar-refractivity contribution is -0.144. The van der Waals surface area contributed by atoms with Crippen LogP contribution in [-0.4, -0.2) is 127 Å². The van der Waals surface area contributed by atoms with E-state index in [0.29, 0.717) is 22.4 Å². The third-order valence-corrected chi connectivity index (χ3v) is 20.8. The van der Waals surface area contributed by atoms with Crippen LogP contribution < -0.4 is 46.9 Å². The predicted molar refractivity (Wildman–Crippen MR) is 385 cm³/mol. The van der Waals surface area contributed by atoms with Crippen molar-refractivity contribution in [3.05, 3.63) is 214 Å². The molecule has 0 bridgehead atoms. The molecular weight excluding hydrogens is 1380 g/mol. The molecule has 0 spiro atoms. The average molecular weight is 1460 g/mol. The van der Waals surface area contributed by atoms with E-state index in [4.69, 9.17) is 4.74 Å². The Morgan fingerprint density at radius 2 is 1.31 bits per heavy atom. The number of carbonyl (C=O) groups is 8. The Balaban J connectivity index is 0.693. The number of thiazole rings is 1. The molecule has 7 amide bonds. The van der Waals surface area contributed by atoms with Crippen molar-refractivity contribution in [2.75, 3.05) is 36.2 Å². The van der Waals surface area contributed by atoms with Crippen molar-refractivity contribution >= 4 is 90.1 Å². The van der Waals surface area contributed by atoms with Crippen LogP contribution in [0.2, 0.25) is 0 Å². The van der Waals surface area contributed by atoms with Gasteiger partial charge in [-0.2, -0.15) is 0 Å². The van der Waals surface area contributed by atoms with Crippen LogP contribution in [0.25, 0.3) is 21.6 Å². The molecule has 3 heterocycles. The van der Waals surface area contributed by atoms with Crippen LogP contribution in [0.5, 0.6) is 5.75 Å².